The zero-order valence-electron chi connectivity index (χ0n) is 12.4. The Morgan fingerprint density at radius 3 is 2.68 bits per heavy atom. The molecule has 0 fully saturated rings. The van der Waals surface area contributed by atoms with Crippen LogP contribution in [0.15, 0.2) is 53.1 Å². The van der Waals surface area contributed by atoms with Crippen LogP contribution in [0.2, 0.25) is 0 Å². The number of nitrogens with zero attached hydrogens (tertiary/aromatic N) is 2. The molecule has 0 radical (unpaired) electrons. The highest BCUT2D eigenvalue weighted by Crippen LogP contribution is 2.15. The van der Waals surface area contributed by atoms with E-state index in [0.29, 0.717) is 17.7 Å². The molecule has 0 saturated carbocycles. The minimum Gasteiger partial charge on any atom is -0.415 e. The largest absolute Gasteiger partial charge is 0.415 e. The van der Waals surface area contributed by atoms with Crippen LogP contribution in [0, 0.1) is 0 Å². The number of unbranched alkanes of at least 4 members (excludes halogenated alkanes) is 2. The minimum atomic E-state index is -0.0438. The fourth-order valence-corrected chi connectivity index (χ4v) is 2.43. The van der Waals surface area contributed by atoms with Crippen LogP contribution in [0.4, 0.5) is 0 Å². The summed E-state index contributed by atoms with van der Waals surface area (Å²) in [5, 5.41) is 0. The van der Waals surface area contributed by atoms with Crippen molar-refractivity contribution in [3.8, 4) is 0 Å². The van der Waals surface area contributed by atoms with Crippen LogP contribution in [-0.4, -0.2) is 15.8 Å². The molecule has 0 aliphatic heterocycles. The van der Waals surface area contributed by atoms with Crippen molar-refractivity contribution in [2.75, 3.05) is 0 Å². The van der Waals surface area contributed by atoms with Gasteiger partial charge in [0.2, 0.25) is 11.5 Å². The van der Waals surface area contributed by atoms with E-state index in [0.717, 1.165) is 25.7 Å². The molecule has 4 nitrogen and oxygen atoms in total. The summed E-state index contributed by atoms with van der Waals surface area (Å²) >= 11 is 0. The molecule has 4 heteroatoms. The first-order valence-corrected chi connectivity index (χ1v) is 7.61. The Morgan fingerprint density at radius 2 is 1.86 bits per heavy atom. The quantitative estimate of drug-likeness (QED) is 0.484. The molecule has 1 aromatic carbocycles. The first kappa shape index (κ1) is 14.4. The molecule has 0 saturated heterocycles. The highest BCUT2D eigenvalue weighted by atomic mass is 16.4. The number of aromatic nitrogens is 2. The number of oxazole rings is 1. The van der Waals surface area contributed by atoms with Crippen LogP contribution in [0.1, 0.15) is 41.9 Å². The number of benzene rings is 1. The van der Waals surface area contributed by atoms with Gasteiger partial charge in [-0.2, -0.15) is 0 Å². The lowest BCUT2D eigenvalue weighted by atomic mass is 10.1. The standard InChI is InChI=1S/C18H18N2O2/c21-16(18-20-15-11-7-13-19-17(15)22-18)12-6-2-5-10-14-8-3-1-4-9-14/h1,3-4,7-9,11,13H,2,5-6,10,12H2. The van der Waals surface area contributed by atoms with Gasteiger partial charge in [0, 0.05) is 12.6 Å². The summed E-state index contributed by atoms with van der Waals surface area (Å²) in [6.45, 7) is 0. The minimum absolute atomic E-state index is 0.0438. The Labute approximate surface area is 129 Å². The molecule has 0 N–H and O–H groups in total. The molecule has 0 unspecified atom stereocenters. The number of carbonyl (C=O) groups excluding carboxylic acids is 1. The van der Waals surface area contributed by atoms with Gasteiger partial charge in [0.1, 0.15) is 5.52 Å². The van der Waals surface area contributed by atoms with E-state index in [4.69, 9.17) is 4.42 Å². The molecule has 3 aromatic rings. The van der Waals surface area contributed by atoms with Crippen molar-refractivity contribution in [1.82, 2.24) is 9.97 Å². The van der Waals surface area contributed by atoms with E-state index in [-0.39, 0.29) is 11.7 Å². The number of aryl methyl sites for hydroxylation is 1. The van der Waals surface area contributed by atoms with Gasteiger partial charge in [0.15, 0.2) is 0 Å². The van der Waals surface area contributed by atoms with Gasteiger partial charge in [-0.3, -0.25) is 4.79 Å². The number of hydrogen-bond donors (Lipinski definition) is 0. The molecule has 0 bridgehead atoms. The van der Waals surface area contributed by atoms with Crippen molar-refractivity contribution in [3.63, 3.8) is 0 Å². The topological polar surface area (TPSA) is 56.0 Å². The summed E-state index contributed by atoms with van der Waals surface area (Å²) in [5.74, 6) is 0.134. The second-order valence-corrected chi connectivity index (χ2v) is 5.32. The molecule has 112 valence electrons. The van der Waals surface area contributed by atoms with Gasteiger partial charge < -0.3 is 4.42 Å². The summed E-state index contributed by atoms with van der Waals surface area (Å²) in [7, 11) is 0. The number of fused-ring (bicyclic) bond motifs is 1. The molecular formula is C18H18N2O2. The Balaban J connectivity index is 1.44. The number of hydrogen-bond acceptors (Lipinski definition) is 4. The fourth-order valence-electron chi connectivity index (χ4n) is 2.43. The Morgan fingerprint density at radius 1 is 1.00 bits per heavy atom. The summed E-state index contributed by atoms with van der Waals surface area (Å²) in [6.07, 6.45) is 6.14. The first-order valence-electron chi connectivity index (χ1n) is 7.61. The van der Waals surface area contributed by atoms with Gasteiger partial charge >= 0.3 is 0 Å². The second kappa shape index (κ2) is 6.98. The van der Waals surface area contributed by atoms with E-state index in [1.165, 1.54) is 5.56 Å². The van der Waals surface area contributed by atoms with Crippen LogP contribution < -0.4 is 0 Å². The number of carbonyl (C=O) groups is 1. The fraction of sp³-hybridized carbons (Fsp3) is 0.278. The third-order valence-electron chi connectivity index (χ3n) is 3.62. The van der Waals surface area contributed by atoms with E-state index in [1.807, 2.05) is 6.07 Å². The van der Waals surface area contributed by atoms with Gasteiger partial charge in [-0.1, -0.05) is 36.8 Å². The number of rotatable bonds is 7. The summed E-state index contributed by atoms with van der Waals surface area (Å²) in [6, 6.07) is 14.0. The lowest BCUT2D eigenvalue weighted by Crippen LogP contribution is -1.99. The first-order chi connectivity index (χ1) is 10.8. The normalized spacial score (nSPS) is 10.9. The third-order valence-corrected chi connectivity index (χ3v) is 3.62. The SMILES string of the molecule is O=C(CCCCCc1ccccc1)c1nc2cccnc2o1. The van der Waals surface area contributed by atoms with Crippen molar-refractivity contribution in [3.05, 3.63) is 60.1 Å². The van der Waals surface area contributed by atoms with Crippen LogP contribution >= 0.6 is 0 Å². The summed E-state index contributed by atoms with van der Waals surface area (Å²) in [4.78, 5) is 20.3. The van der Waals surface area contributed by atoms with E-state index in [1.54, 1.807) is 18.3 Å². The molecule has 2 aromatic heterocycles. The average molecular weight is 294 g/mol. The average Bonchev–Trinajstić information content (AvgIpc) is 2.99. The van der Waals surface area contributed by atoms with Gasteiger partial charge in [-0.15, -0.1) is 0 Å². The smallest absolute Gasteiger partial charge is 0.265 e. The van der Waals surface area contributed by atoms with Crippen LogP contribution in [0.5, 0.6) is 0 Å². The Hall–Kier alpha value is -2.49. The van der Waals surface area contributed by atoms with Gasteiger partial charge in [-0.05, 0) is 37.0 Å². The van der Waals surface area contributed by atoms with E-state index in [2.05, 4.69) is 34.2 Å². The molecule has 0 aliphatic carbocycles. The van der Waals surface area contributed by atoms with Crippen LogP contribution in [-0.2, 0) is 6.42 Å². The molecule has 2 heterocycles. The predicted octanol–water partition coefficient (Wildman–Crippen LogP) is 4.21. The van der Waals surface area contributed by atoms with Crippen molar-refractivity contribution in [2.24, 2.45) is 0 Å². The Bertz CT molecular complexity index is 717. The summed E-state index contributed by atoms with van der Waals surface area (Å²) in [5.41, 5.74) is 2.41. The highest BCUT2D eigenvalue weighted by Gasteiger charge is 2.14. The maximum atomic E-state index is 12.1. The Kier molecular flexibility index (Phi) is 4.59. The van der Waals surface area contributed by atoms with Crippen LogP contribution in [0.3, 0.4) is 0 Å². The molecular weight excluding hydrogens is 276 g/mol. The highest BCUT2D eigenvalue weighted by molar-refractivity contribution is 5.93. The van der Waals surface area contributed by atoms with E-state index >= 15 is 0 Å². The number of ketones is 1. The number of Topliss-reactive ketones (excluding diaryl/α,β-unsaturated/α-hetero) is 1. The molecule has 0 aliphatic rings. The van der Waals surface area contributed by atoms with E-state index in [9.17, 15) is 4.79 Å². The van der Waals surface area contributed by atoms with Crippen molar-refractivity contribution in [2.45, 2.75) is 32.1 Å². The zero-order chi connectivity index (χ0) is 15.2. The van der Waals surface area contributed by atoms with Gasteiger partial charge in [0.05, 0.1) is 0 Å². The lowest BCUT2D eigenvalue weighted by Gasteiger charge is -2.00. The molecule has 0 amide bonds. The number of pyridine rings is 1. The van der Waals surface area contributed by atoms with Gasteiger partial charge in [-0.25, -0.2) is 9.97 Å². The predicted molar refractivity (Wildman–Crippen MR) is 84.7 cm³/mol. The maximum absolute atomic E-state index is 12.1. The maximum Gasteiger partial charge on any atom is 0.265 e. The van der Waals surface area contributed by atoms with Crippen molar-refractivity contribution in [1.29, 1.82) is 0 Å². The monoisotopic (exact) mass is 294 g/mol. The molecule has 0 atom stereocenters. The van der Waals surface area contributed by atoms with Crippen LogP contribution in [0.25, 0.3) is 11.2 Å². The lowest BCUT2D eigenvalue weighted by molar-refractivity contribution is 0.0947. The van der Waals surface area contributed by atoms with Gasteiger partial charge in [0.25, 0.3) is 5.89 Å². The van der Waals surface area contributed by atoms with Crippen molar-refractivity contribution >= 4 is 17.0 Å². The second-order valence-electron chi connectivity index (χ2n) is 5.32. The zero-order valence-corrected chi connectivity index (χ0v) is 12.4. The van der Waals surface area contributed by atoms with Crippen molar-refractivity contribution < 1.29 is 9.21 Å². The molecule has 22 heavy (non-hydrogen) atoms. The third kappa shape index (κ3) is 3.58. The molecule has 3 rings (SSSR count). The summed E-state index contributed by atoms with van der Waals surface area (Å²) < 4.78 is 5.38. The van der Waals surface area contributed by atoms with E-state index < -0.39 is 0 Å². The molecule has 0 spiro atoms.